The van der Waals surface area contributed by atoms with Gasteiger partial charge < -0.3 is 25.1 Å². The number of aromatic amines is 2. The molecule has 10 heteroatoms. The summed E-state index contributed by atoms with van der Waals surface area (Å²) in [5.41, 5.74) is 5.53. The summed E-state index contributed by atoms with van der Waals surface area (Å²) < 4.78 is 11.4. The molecule has 0 radical (unpaired) electrons. The fourth-order valence-corrected chi connectivity index (χ4v) is 5.45. The first kappa shape index (κ1) is 21.0. The minimum Gasteiger partial charge on any atom is -0.494 e. The smallest absolute Gasteiger partial charge is 0.260 e. The van der Waals surface area contributed by atoms with Crippen LogP contribution in [0.1, 0.15) is 44.4 Å². The van der Waals surface area contributed by atoms with Gasteiger partial charge in [0.05, 0.1) is 17.8 Å². The summed E-state index contributed by atoms with van der Waals surface area (Å²) in [5, 5.41) is 10.2. The minimum absolute atomic E-state index is 0.00977. The SMILES string of the molecule is CCOc1cc2c3c(c1)[C@]1(C(=O)N3C(C)(C)C=C2C)C(C#N)=C(N)Oc2[nH]c(=S)[nH]c(=O)c21. The number of aromatic nitrogens is 2. The number of anilines is 1. The number of nitrogens with one attached hydrogen (secondary N) is 2. The van der Waals surface area contributed by atoms with Gasteiger partial charge >= 0.3 is 0 Å². The van der Waals surface area contributed by atoms with Gasteiger partial charge in [-0.2, -0.15) is 5.26 Å². The molecule has 1 atom stereocenters. The molecule has 33 heavy (non-hydrogen) atoms. The van der Waals surface area contributed by atoms with Crippen LogP contribution in [0.25, 0.3) is 5.57 Å². The molecule has 0 unspecified atom stereocenters. The molecule has 0 saturated carbocycles. The van der Waals surface area contributed by atoms with Gasteiger partial charge in [-0.3, -0.25) is 14.6 Å². The standard InChI is InChI=1S/C23H21N5O4S/c1-5-31-11-6-12-10(2)8-22(3,4)28-16(12)13(7-11)23(20(28)30)14(9-24)17(25)32-19-15(23)18(29)26-21(33)27-19/h6-8H,5,25H2,1-4H3,(H2,26,27,29,33)/t23-/m0/s1. The van der Waals surface area contributed by atoms with Crippen molar-refractivity contribution in [2.24, 2.45) is 5.73 Å². The Morgan fingerprint density at radius 1 is 1.30 bits per heavy atom. The van der Waals surface area contributed by atoms with Gasteiger partial charge in [0.1, 0.15) is 23.0 Å². The fourth-order valence-electron chi connectivity index (χ4n) is 5.27. The Morgan fingerprint density at radius 3 is 2.70 bits per heavy atom. The van der Waals surface area contributed by atoms with Gasteiger partial charge in [-0.1, -0.05) is 6.08 Å². The number of allylic oxidation sites excluding steroid dienone is 1. The second-order valence-electron chi connectivity index (χ2n) is 8.74. The van der Waals surface area contributed by atoms with Crippen molar-refractivity contribution in [1.82, 2.24) is 9.97 Å². The molecular weight excluding hydrogens is 442 g/mol. The minimum atomic E-state index is -1.83. The highest BCUT2D eigenvalue weighted by Gasteiger charge is 2.64. The number of fused-ring (bicyclic) bond motifs is 3. The molecule has 1 amide bonds. The highest BCUT2D eigenvalue weighted by Crippen LogP contribution is 2.59. The van der Waals surface area contributed by atoms with E-state index in [0.29, 0.717) is 23.6 Å². The second-order valence-corrected chi connectivity index (χ2v) is 9.15. The van der Waals surface area contributed by atoms with Gasteiger partial charge in [0.2, 0.25) is 17.7 Å². The average molecular weight is 464 g/mol. The van der Waals surface area contributed by atoms with Crippen LogP contribution in [0.15, 0.2) is 34.5 Å². The zero-order valence-electron chi connectivity index (χ0n) is 18.5. The van der Waals surface area contributed by atoms with E-state index in [0.717, 1.165) is 11.1 Å². The van der Waals surface area contributed by atoms with Crippen LogP contribution in [0, 0.1) is 16.1 Å². The Hall–Kier alpha value is -3.84. The summed E-state index contributed by atoms with van der Waals surface area (Å²) in [6.45, 7) is 8.01. The maximum absolute atomic E-state index is 14.4. The quantitative estimate of drug-likeness (QED) is 0.582. The van der Waals surface area contributed by atoms with Crippen molar-refractivity contribution in [2.45, 2.75) is 38.6 Å². The molecule has 9 nitrogen and oxygen atoms in total. The molecule has 0 saturated heterocycles. The van der Waals surface area contributed by atoms with Gasteiger partial charge in [-0.25, -0.2) is 0 Å². The number of hydrogen-bond donors (Lipinski definition) is 3. The van der Waals surface area contributed by atoms with Crippen molar-refractivity contribution in [3.8, 4) is 17.7 Å². The van der Waals surface area contributed by atoms with Gasteiger partial charge in [0.25, 0.3) is 5.56 Å². The largest absolute Gasteiger partial charge is 0.494 e. The van der Waals surface area contributed by atoms with E-state index in [4.69, 9.17) is 27.4 Å². The van der Waals surface area contributed by atoms with E-state index in [9.17, 15) is 14.9 Å². The average Bonchev–Trinajstić information content (AvgIpc) is 2.96. The number of benzene rings is 1. The van der Waals surface area contributed by atoms with E-state index in [-0.39, 0.29) is 27.7 Å². The third-order valence-corrected chi connectivity index (χ3v) is 6.55. The number of carbonyl (C=O) groups excluding carboxylic acids is 1. The molecule has 0 bridgehead atoms. The van der Waals surface area contributed by atoms with Crippen molar-refractivity contribution in [3.05, 3.63) is 61.5 Å². The fraction of sp³-hybridized carbons (Fsp3) is 0.304. The maximum atomic E-state index is 14.4. The van der Waals surface area contributed by atoms with Crippen LogP contribution in [0.3, 0.4) is 0 Å². The molecule has 0 fully saturated rings. The summed E-state index contributed by atoms with van der Waals surface area (Å²) in [4.78, 5) is 34.7. The third-order valence-electron chi connectivity index (χ3n) is 6.35. The molecule has 5 rings (SSSR count). The highest BCUT2D eigenvalue weighted by atomic mass is 32.1. The Morgan fingerprint density at radius 2 is 2.03 bits per heavy atom. The number of nitrogens with two attached hydrogens (primary N) is 1. The van der Waals surface area contributed by atoms with Crippen molar-refractivity contribution in [3.63, 3.8) is 0 Å². The normalized spacial score (nSPS) is 21.8. The number of nitriles is 1. The van der Waals surface area contributed by atoms with Crippen LogP contribution < -0.4 is 25.7 Å². The molecule has 0 aliphatic carbocycles. The van der Waals surface area contributed by atoms with Crippen molar-refractivity contribution in [1.29, 1.82) is 5.26 Å². The number of amides is 1. The van der Waals surface area contributed by atoms with E-state index in [1.54, 1.807) is 11.0 Å². The monoisotopic (exact) mass is 463 g/mol. The van der Waals surface area contributed by atoms with Crippen LogP contribution in [-0.4, -0.2) is 28.0 Å². The van der Waals surface area contributed by atoms with Crippen LogP contribution in [0.4, 0.5) is 5.69 Å². The van der Waals surface area contributed by atoms with E-state index in [1.807, 2.05) is 45.9 Å². The van der Waals surface area contributed by atoms with Crippen molar-refractivity contribution < 1.29 is 14.3 Å². The molecule has 1 aromatic carbocycles. The molecule has 1 spiro atoms. The maximum Gasteiger partial charge on any atom is 0.260 e. The lowest BCUT2D eigenvalue weighted by atomic mass is 9.69. The molecule has 1 aromatic heterocycles. The first-order valence-corrected chi connectivity index (χ1v) is 10.8. The Balaban J connectivity index is 2.02. The number of carbonyl (C=O) groups is 1. The lowest BCUT2D eigenvalue weighted by Gasteiger charge is -2.40. The topological polar surface area (TPSA) is 137 Å². The molecular formula is C23H21N5O4S. The predicted molar refractivity (Wildman–Crippen MR) is 123 cm³/mol. The van der Waals surface area contributed by atoms with Gasteiger partial charge in [0, 0.05) is 11.1 Å². The van der Waals surface area contributed by atoms with Gasteiger partial charge in [-0.05, 0) is 57.6 Å². The zero-order valence-corrected chi connectivity index (χ0v) is 19.3. The van der Waals surface area contributed by atoms with Crippen LogP contribution >= 0.6 is 12.2 Å². The number of ether oxygens (including phenoxy) is 2. The number of hydrogen-bond acceptors (Lipinski definition) is 7. The summed E-state index contributed by atoms with van der Waals surface area (Å²) >= 11 is 5.10. The molecule has 3 aliphatic rings. The summed E-state index contributed by atoms with van der Waals surface area (Å²) in [7, 11) is 0. The van der Waals surface area contributed by atoms with Gasteiger partial charge in [0.15, 0.2) is 10.2 Å². The molecule has 4 heterocycles. The number of H-pyrrole nitrogens is 2. The molecule has 168 valence electrons. The van der Waals surface area contributed by atoms with Crippen LogP contribution in [0.2, 0.25) is 0 Å². The first-order chi connectivity index (χ1) is 15.6. The Bertz CT molecular complexity index is 1490. The van der Waals surface area contributed by atoms with Crippen molar-refractivity contribution in [2.75, 3.05) is 11.5 Å². The highest BCUT2D eigenvalue weighted by molar-refractivity contribution is 7.71. The van der Waals surface area contributed by atoms with Gasteiger partial charge in [-0.15, -0.1) is 0 Å². The Kier molecular flexibility index (Phi) is 4.20. The summed E-state index contributed by atoms with van der Waals surface area (Å²) in [5.74, 6) is -0.294. The van der Waals surface area contributed by atoms with Crippen LogP contribution in [0.5, 0.6) is 11.6 Å². The molecule has 2 aromatic rings. The summed E-state index contributed by atoms with van der Waals surface area (Å²) in [6, 6.07) is 5.62. The lowest BCUT2D eigenvalue weighted by Crippen LogP contribution is -2.54. The predicted octanol–water partition coefficient (Wildman–Crippen LogP) is 2.75. The van der Waals surface area contributed by atoms with E-state index >= 15 is 0 Å². The third kappa shape index (κ3) is 2.48. The molecule has 4 N–H and O–H groups in total. The van der Waals surface area contributed by atoms with E-state index < -0.39 is 22.4 Å². The second kappa shape index (κ2) is 6.59. The van der Waals surface area contributed by atoms with Crippen molar-refractivity contribution >= 4 is 29.4 Å². The molecule has 3 aliphatic heterocycles. The summed E-state index contributed by atoms with van der Waals surface area (Å²) in [6.07, 6.45) is 1.98. The van der Waals surface area contributed by atoms with Crippen LogP contribution in [-0.2, 0) is 10.2 Å². The van der Waals surface area contributed by atoms with E-state index in [2.05, 4.69) is 9.97 Å². The van der Waals surface area contributed by atoms with E-state index in [1.165, 1.54) is 0 Å². The number of nitrogens with zero attached hydrogens (tertiary/aromatic N) is 2. The lowest BCUT2D eigenvalue weighted by molar-refractivity contribution is -0.121. The zero-order chi connectivity index (χ0) is 23.9. The number of rotatable bonds is 2. The first-order valence-electron chi connectivity index (χ1n) is 10.4. The Labute approximate surface area is 194 Å².